The largest absolute Gasteiger partial charge is 0.400 e. The molecule has 0 saturated heterocycles. The van der Waals surface area contributed by atoms with E-state index in [1.165, 1.54) is 0 Å². The van der Waals surface area contributed by atoms with Gasteiger partial charge in [0.05, 0.1) is 0 Å². The van der Waals surface area contributed by atoms with Crippen molar-refractivity contribution in [2.45, 2.75) is 5.88 Å². The number of alkyl halides is 1. The zero-order valence-corrected chi connectivity index (χ0v) is 8.79. The van der Waals surface area contributed by atoms with Gasteiger partial charge < -0.3 is 5.11 Å². The molecule has 0 unspecified atom stereocenters. The maximum atomic E-state index is 7.00. The van der Waals surface area contributed by atoms with Gasteiger partial charge in [-0.2, -0.15) is 0 Å². The lowest BCUT2D eigenvalue weighted by atomic mass is 10.2. The van der Waals surface area contributed by atoms with Crippen LogP contribution >= 0.6 is 34.8 Å². The number of aliphatic hydroxyl groups excluding tert-OH is 1. The highest BCUT2D eigenvalue weighted by Crippen LogP contribution is 2.21. The van der Waals surface area contributed by atoms with Crippen molar-refractivity contribution < 1.29 is 5.11 Å². The van der Waals surface area contributed by atoms with Crippen molar-refractivity contribution in [3.05, 3.63) is 33.8 Å². The molecule has 1 nitrogen and oxygen atoms in total. The van der Waals surface area contributed by atoms with Crippen molar-refractivity contribution in [2.75, 3.05) is 7.11 Å². The Kier molecular flexibility index (Phi) is 6.58. The summed E-state index contributed by atoms with van der Waals surface area (Å²) >= 11 is 17.0. The summed E-state index contributed by atoms with van der Waals surface area (Å²) in [7, 11) is 1.00. The molecular weight excluding hydrogens is 218 g/mol. The lowest BCUT2D eigenvalue weighted by Gasteiger charge is -1.97. The third kappa shape index (κ3) is 3.63. The van der Waals surface area contributed by atoms with Crippen LogP contribution in [0.15, 0.2) is 18.2 Å². The Labute approximate surface area is 86.9 Å². The zero-order valence-electron chi connectivity index (χ0n) is 6.52. The number of hydrogen-bond donors (Lipinski definition) is 1. The molecule has 1 N–H and O–H groups in total. The molecule has 0 heterocycles. The molecule has 1 aromatic rings. The smallest absolute Gasteiger partial charge is 0.0488 e. The highest BCUT2D eigenvalue weighted by molar-refractivity contribution is 6.35. The summed E-state index contributed by atoms with van der Waals surface area (Å²) in [6, 6.07) is 5.27. The van der Waals surface area contributed by atoms with E-state index < -0.39 is 0 Å². The third-order valence-corrected chi connectivity index (χ3v) is 2.03. The predicted octanol–water partition coefficient (Wildman–Crippen LogP) is 3.34. The van der Waals surface area contributed by atoms with Gasteiger partial charge in [-0.25, -0.2) is 0 Å². The van der Waals surface area contributed by atoms with E-state index in [1.807, 2.05) is 6.07 Å². The van der Waals surface area contributed by atoms with Crippen molar-refractivity contribution in [2.24, 2.45) is 0 Å². The number of halogens is 3. The summed E-state index contributed by atoms with van der Waals surface area (Å²) in [4.78, 5) is 0. The average molecular weight is 228 g/mol. The average Bonchev–Trinajstić information content (AvgIpc) is 2.08. The Morgan fingerprint density at radius 1 is 1.25 bits per heavy atom. The van der Waals surface area contributed by atoms with E-state index in [0.29, 0.717) is 15.9 Å². The molecular formula is C8H9Cl3O. The van der Waals surface area contributed by atoms with E-state index in [9.17, 15) is 0 Å². The van der Waals surface area contributed by atoms with Crippen LogP contribution in [0.3, 0.4) is 0 Å². The highest BCUT2D eigenvalue weighted by Gasteiger charge is 1.97. The Balaban J connectivity index is 0.000000561. The molecule has 0 radical (unpaired) electrons. The zero-order chi connectivity index (χ0) is 9.56. The lowest BCUT2D eigenvalue weighted by Crippen LogP contribution is -1.77. The molecule has 0 spiro atoms. The first-order valence-corrected chi connectivity index (χ1v) is 4.47. The second-order valence-electron chi connectivity index (χ2n) is 1.87. The van der Waals surface area contributed by atoms with Gasteiger partial charge in [-0.05, 0) is 17.7 Å². The van der Waals surface area contributed by atoms with Gasteiger partial charge in [0.15, 0.2) is 0 Å². The standard InChI is InChI=1S/C7H5Cl3.CH4O/c8-4-5-1-2-6(9)3-7(5)10;1-2/h1-3H,4H2;2H,1H3. The molecule has 0 atom stereocenters. The third-order valence-electron chi connectivity index (χ3n) is 1.16. The van der Waals surface area contributed by atoms with Crippen LogP contribution in [0.2, 0.25) is 10.0 Å². The van der Waals surface area contributed by atoms with Crippen LogP contribution in [-0.4, -0.2) is 12.2 Å². The fraction of sp³-hybridized carbons (Fsp3) is 0.250. The number of hydrogen-bond acceptors (Lipinski definition) is 1. The van der Waals surface area contributed by atoms with Gasteiger partial charge in [0.25, 0.3) is 0 Å². The van der Waals surface area contributed by atoms with Crippen molar-refractivity contribution in [1.29, 1.82) is 0 Å². The molecule has 0 amide bonds. The molecule has 0 saturated carbocycles. The van der Waals surface area contributed by atoms with E-state index in [-0.39, 0.29) is 0 Å². The Bertz CT molecular complexity index is 238. The lowest BCUT2D eigenvalue weighted by molar-refractivity contribution is 0.399. The van der Waals surface area contributed by atoms with Crippen LogP contribution in [0, 0.1) is 0 Å². The van der Waals surface area contributed by atoms with Gasteiger partial charge in [0.1, 0.15) is 0 Å². The van der Waals surface area contributed by atoms with Crippen LogP contribution in [0.5, 0.6) is 0 Å². The molecule has 0 aliphatic heterocycles. The minimum atomic E-state index is 0.427. The van der Waals surface area contributed by atoms with Crippen LogP contribution in [-0.2, 0) is 5.88 Å². The minimum Gasteiger partial charge on any atom is -0.400 e. The summed E-state index contributed by atoms with van der Waals surface area (Å²) in [6.07, 6.45) is 0. The second kappa shape index (κ2) is 6.55. The van der Waals surface area contributed by atoms with Crippen molar-refractivity contribution in [1.82, 2.24) is 0 Å². The topological polar surface area (TPSA) is 20.2 Å². The van der Waals surface area contributed by atoms with Crippen molar-refractivity contribution in [3.8, 4) is 0 Å². The number of aliphatic hydroxyl groups is 1. The summed E-state index contributed by atoms with van der Waals surface area (Å²) in [5.41, 5.74) is 0.910. The summed E-state index contributed by atoms with van der Waals surface area (Å²) in [5.74, 6) is 0.427. The maximum Gasteiger partial charge on any atom is 0.0488 e. The van der Waals surface area contributed by atoms with Gasteiger partial charge in [-0.15, -0.1) is 11.6 Å². The van der Waals surface area contributed by atoms with E-state index in [2.05, 4.69) is 0 Å². The Morgan fingerprint density at radius 2 is 1.83 bits per heavy atom. The van der Waals surface area contributed by atoms with E-state index >= 15 is 0 Å². The first kappa shape index (κ1) is 12.0. The summed E-state index contributed by atoms with van der Waals surface area (Å²) < 4.78 is 0. The van der Waals surface area contributed by atoms with Crippen LogP contribution in [0.1, 0.15) is 5.56 Å². The molecule has 0 aliphatic rings. The fourth-order valence-electron chi connectivity index (χ4n) is 0.630. The second-order valence-corrected chi connectivity index (χ2v) is 2.98. The van der Waals surface area contributed by atoms with Gasteiger partial charge in [-0.1, -0.05) is 29.3 Å². The summed E-state index contributed by atoms with van der Waals surface area (Å²) in [6.45, 7) is 0. The summed E-state index contributed by atoms with van der Waals surface area (Å²) in [5, 5.41) is 8.27. The van der Waals surface area contributed by atoms with Crippen molar-refractivity contribution >= 4 is 34.8 Å². The van der Waals surface area contributed by atoms with E-state index in [4.69, 9.17) is 39.9 Å². The van der Waals surface area contributed by atoms with Gasteiger partial charge in [0, 0.05) is 23.0 Å². The minimum absolute atomic E-state index is 0.427. The van der Waals surface area contributed by atoms with Crippen LogP contribution < -0.4 is 0 Å². The normalized spacial score (nSPS) is 8.75. The molecule has 1 aromatic carbocycles. The van der Waals surface area contributed by atoms with Crippen LogP contribution in [0.25, 0.3) is 0 Å². The van der Waals surface area contributed by atoms with Crippen LogP contribution in [0.4, 0.5) is 0 Å². The number of rotatable bonds is 1. The SMILES string of the molecule is CO.ClCc1ccc(Cl)cc1Cl. The number of benzene rings is 1. The quantitative estimate of drug-likeness (QED) is 0.730. The molecule has 4 heteroatoms. The molecule has 0 aliphatic carbocycles. The van der Waals surface area contributed by atoms with E-state index in [0.717, 1.165) is 12.7 Å². The Hall–Kier alpha value is 0.0500. The molecule has 0 bridgehead atoms. The van der Waals surface area contributed by atoms with Gasteiger partial charge in [0.2, 0.25) is 0 Å². The van der Waals surface area contributed by atoms with Gasteiger partial charge in [-0.3, -0.25) is 0 Å². The first-order chi connectivity index (χ1) is 5.74. The Morgan fingerprint density at radius 3 is 2.25 bits per heavy atom. The molecule has 0 fully saturated rings. The van der Waals surface area contributed by atoms with Gasteiger partial charge >= 0.3 is 0 Å². The molecule has 0 aromatic heterocycles. The molecule has 1 rings (SSSR count). The van der Waals surface area contributed by atoms with E-state index in [1.54, 1.807) is 12.1 Å². The highest BCUT2D eigenvalue weighted by atomic mass is 35.5. The molecule has 12 heavy (non-hydrogen) atoms. The first-order valence-electron chi connectivity index (χ1n) is 3.18. The molecule has 68 valence electrons. The maximum absolute atomic E-state index is 7.00. The monoisotopic (exact) mass is 226 g/mol. The fourth-order valence-corrected chi connectivity index (χ4v) is 1.41. The van der Waals surface area contributed by atoms with Crippen molar-refractivity contribution in [3.63, 3.8) is 0 Å². The predicted molar refractivity (Wildman–Crippen MR) is 54.2 cm³/mol.